The number of nitrogens with one attached hydrogen (secondary N) is 1. The van der Waals surface area contributed by atoms with Gasteiger partial charge in [-0.05, 0) is 24.8 Å². The maximum Gasteiger partial charge on any atom is 0.0619 e. The van der Waals surface area contributed by atoms with Crippen LogP contribution in [0.1, 0.15) is 47.5 Å². The van der Waals surface area contributed by atoms with Crippen LogP contribution >= 0.6 is 0 Å². The molecule has 0 aliphatic heterocycles. The fraction of sp³-hybridized carbons (Fsp3) is 1.00. The van der Waals surface area contributed by atoms with Crippen molar-refractivity contribution in [3.8, 4) is 0 Å². The Morgan fingerprint density at radius 1 is 1.21 bits per heavy atom. The van der Waals surface area contributed by atoms with E-state index in [1.165, 1.54) is 6.42 Å². The number of likely N-dealkylation sites (N-methyl/N-ethyl adjacent to an activating group) is 1. The summed E-state index contributed by atoms with van der Waals surface area (Å²) in [7, 11) is 0. The summed E-state index contributed by atoms with van der Waals surface area (Å²) in [6, 6.07) is 0.506. The highest BCUT2D eigenvalue weighted by atomic mass is 16.5. The third-order valence-electron chi connectivity index (χ3n) is 2.02. The van der Waals surface area contributed by atoms with Crippen molar-refractivity contribution >= 4 is 0 Å². The molecule has 0 saturated heterocycles. The summed E-state index contributed by atoms with van der Waals surface area (Å²) < 4.78 is 5.58. The van der Waals surface area contributed by atoms with E-state index in [2.05, 4.69) is 39.9 Å². The summed E-state index contributed by atoms with van der Waals surface area (Å²) >= 11 is 0. The Balaban J connectivity index is 3.77. The van der Waals surface area contributed by atoms with Crippen molar-refractivity contribution in [3.05, 3.63) is 0 Å². The first-order chi connectivity index (χ1) is 6.49. The fourth-order valence-corrected chi connectivity index (χ4v) is 1.59. The first-order valence-electron chi connectivity index (χ1n) is 5.80. The van der Waals surface area contributed by atoms with Crippen LogP contribution in [0.15, 0.2) is 0 Å². The molecule has 0 bridgehead atoms. The molecule has 0 radical (unpaired) electrons. The van der Waals surface area contributed by atoms with Crippen LogP contribution in [-0.2, 0) is 4.74 Å². The van der Waals surface area contributed by atoms with Crippen molar-refractivity contribution in [2.24, 2.45) is 5.41 Å². The average molecular weight is 201 g/mol. The molecular weight excluding hydrogens is 174 g/mol. The van der Waals surface area contributed by atoms with Gasteiger partial charge < -0.3 is 10.1 Å². The van der Waals surface area contributed by atoms with Gasteiger partial charge in [-0.25, -0.2) is 0 Å². The van der Waals surface area contributed by atoms with Crippen molar-refractivity contribution in [1.29, 1.82) is 0 Å². The first kappa shape index (κ1) is 13.9. The molecule has 0 amide bonds. The second-order valence-electron chi connectivity index (χ2n) is 5.09. The third-order valence-corrected chi connectivity index (χ3v) is 2.02. The lowest BCUT2D eigenvalue weighted by molar-refractivity contribution is 0.0984. The van der Waals surface area contributed by atoms with E-state index in [4.69, 9.17) is 4.74 Å². The van der Waals surface area contributed by atoms with E-state index in [1.54, 1.807) is 0 Å². The first-order valence-corrected chi connectivity index (χ1v) is 5.80. The zero-order chi connectivity index (χ0) is 11.0. The minimum atomic E-state index is 0.377. The Hall–Kier alpha value is -0.0800. The van der Waals surface area contributed by atoms with Gasteiger partial charge in [0.1, 0.15) is 0 Å². The van der Waals surface area contributed by atoms with E-state index >= 15 is 0 Å². The van der Waals surface area contributed by atoms with E-state index in [1.807, 2.05) is 0 Å². The zero-order valence-corrected chi connectivity index (χ0v) is 10.5. The molecule has 0 fully saturated rings. The lowest BCUT2D eigenvalue weighted by Gasteiger charge is -2.26. The van der Waals surface area contributed by atoms with E-state index in [9.17, 15) is 0 Å². The smallest absolute Gasteiger partial charge is 0.0619 e. The highest BCUT2D eigenvalue weighted by Gasteiger charge is 2.17. The van der Waals surface area contributed by atoms with Crippen molar-refractivity contribution in [1.82, 2.24) is 5.32 Å². The van der Waals surface area contributed by atoms with E-state index in [-0.39, 0.29) is 0 Å². The normalized spacial score (nSPS) is 14.4. The van der Waals surface area contributed by atoms with Crippen molar-refractivity contribution in [2.45, 2.75) is 53.5 Å². The Labute approximate surface area is 89.4 Å². The average Bonchev–Trinajstić information content (AvgIpc) is 2.02. The summed E-state index contributed by atoms with van der Waals surface area (Å²) in [6.07, 6.45) is 2.28. The van der Waals surface area contributed by atoms with Crippen molar-refractivity contribution in [2.75, 3.05) is 19.8 Å². The molecule has 1 unspecified atom stereocenters. The summed E-state index contributed by atoms with van der Waals surface area (Å²) in [5, 5.41) is 3.47. The topological polar surface area (TPSA) is 21.3 Å². The molecule has 0 aliphatic carbocycles. The zero-order valence-electron chi connectivity index (χ0n) is 10.5. The van der Waals surface area contributed by atoms with Gasteiger partial charge in [-0.15, -0.1) is 0 Å². The Kier molecular flexibility index (Phi) is 7.20. The highest BCUT2D eigenvalue weighted by Crippen LogP contribution is 2.20. The maximum atomic E-state index is 5.58. The molecule has 0 saturated carbocycles. The van der Waals surface area contributed by atoms with Gasteiger partial charge in [0.25, 0.3) is 0 Å². The van der Waals surface area contributed by atoms with Crippen molar-refractivity contribution in [3.63, 3.8) is 0 Å². The molecule has 0 aromatic heterocycles. The molecule has 1 atom stereocenters. The van der Waals surface area contributed by atoms with Gasteiger partial charge in [0.15, 0.2) is 0 Å². The summed E-state index contributed by atoms with van der Waals surface area (Å²) in [5.41, 5.74) is 0.377. The van der Waals surface area contributed by atoms with Gasteiger partial charge in [-0.2, -0.15) is 0 Å². The number of hydrogen-bond acceptors (Lipinski definition) is 2. The van der Waals surface area contributed by atoms with Gasteiger partial charge in [0.2, 0.25) is 0 Å². The Morgan fingerprint density at radius 2 is 1.86 bits per heavy atom. The molecule has 14 heavy (non-hydrogen) atoms. The van der Waals surface area contributed by atoms with Crippen LogP contribution in [0.2, 0.25) is 0 Å². The van der Waals surface area contributed by atoms with Gasteiger partial charge in [0.05, 0.1) is 6.61 Å². The van der Waals surface area contributed by atoms with Crippen LogP contribution in [0.3, 0.4) is 0 Å². The quantitative estimate of drug-likeness (QED) is 0.640. The van der Waals surface area contributed by atoms with Crippen LogP contribution in [0.25, 0.3) is 0 Å². The van der Waals surface area contributed by atoms with Crippen LogP contribution < -0.4 is 5.32 Å². The predicted octanol–water partition coefficient (Wildman–Crippen LogP) is 2.83. The Morgan fingerprint density at radius 3 is 2.29 bits per heavy atom. The predicted molar refractivity (Wildman–Crippen MR) is 62.6 cm³/mol. The maximum absolute atomic E-state index is 5.58. The van der Waals surface area contributed by atoms with Gasteiger partial charge in [-0.3, -0.25) is 0 Å². The van der Waals surface area contributed by atoms with Crippen LogP contribution in [0, 0.1) is 5.41 Å². The summed E-state index contributed by atoms with van der Waals surface area (Å²) in [4.78, 5) is 0. The third kappa shape index (κ3) is 8.52. The summed E-state index contributed by atoms with van der Waals surface area (Å²) in [6.45, 7) is 13.9. The van der Waals surface area contributed by atoms with Crippen molar-refractivity contribution < 1.29 is 4.74 Å². The monoisotopic (exact) mass is 201 g/mol. The molecule has 0 spiro atoms. The van der Waals surface area contributed by atoms with Crippen LogP contribution in [0.5, 0.6) is 0 Å². The minimum absolute atomic E-state index is 0.377. The standard InChI is InChI=1S/C12H27NO/c1-6-8-14-10-11(13-7-2)9-12(3,4)5/h11,13H,6-10H2,1-5H3. The largest absolute Gasteiger partial charge is 0.380 e. The van der Waals surface area contributed by atoms with Gasteiger partial charge in [-0.1, -0.05) is 34.6 Å². The van der Waals surface area contributed by atoms with Crippen LogP contribution in [-0.4, -0.2) is 25.8 Å². The van der Waals surface area contributed by atoms with E-state index in [0.717, 1.165) is 26.2 Å². The second kappa shape index (κ2) is 7.24. The van der Waals surface area contributed by atoms with Crippen LogP contribution in [0.4, 0.5) is 0 Å². The molecule has 86 valence electrons. The molecule has 2 heteroatoms. The fourth-order valence-electron chi connectivity index (χ4n) is 1.59. The SMILES string of the molecule is CCCOCC(CC(C)(C)C)NCC. The number of ether oxygens (including phenoxy) is 1. The van der Waals surface area contributed by atoms with Gasteiger partial charge >= 0.3 is 0 Å². The molecule has 0 aromatic rings. The van der Waals surface area contributed by atoms with E-state index < -0.39 is 0 Å². The van der Waals surface area contributed by atoms with Gasteiger partial charge in [0, 0.05) is 12.6 Å². The molecule has 2 nitrogen and oxygen atoms in total. The molecule has 1 N–H and O–H groups in total. The lowest BCUT2D eigenvalue weighted by atomic mass is 9.88. The second-order valence-corrected chi connectivity index (χ2v) is 5.09. The lowest BCUT2D eigenvalue weighted by Crippen LogP contribution is -2.36. The van der Waals surface area contributed by atoms with E-state index in [0.29, 0.717) is 11.5 Å². The minimum Gasteiger partial charge on any atom is -0.380 e. The summed E-state index contributed by atoms with van der Waals surface area (Å²) in [5.74, 6) is 0. The Bertz CT molecular complexity index is 129. The molecule has 0 aromatic carbocycles. The molecule has 0 heterocycles. The molecule has 0 aliphatic rings. The number of rotatable bonds is 7. The molecule has 0 rings (SSSR count). The highest BCUT2D eigenvalue weighted by molar-refractivity contribution is 4.73. The number of hydrogen-bond donors (Lipinski definition) is 1. The molecular formula is C12H27NO.